The third-order valence-corrected chi connectivity index (χ3v) is 7.23. The van der Waals surface area contributed by atoms with Gasteiger partial charge < -0.3 is 0 Å². The molecule has 0 aromatic heterocycles. The van der Waals surface area contributed by atoms with Gasteiger partial charge in [-0.1, -0.05) is 111 Å². The minimum Gasteiger partial charge on any atom is -0.0619 e. The minimum atomic E-state index is 0.0297. The van der Waals surface area contributed by atoms with Crippen molar-refractivity contribution < 1.29 is 0 Å². The molecular weight excluding hydrogens is 384 g/mol. The number of hydrogen-bond acceptors (Lipinski definition) is 0. The van der Waals surface area contributed by atoms with Crippen LogP contribution in [0.3, 0.4) is 0 Å². The van der Waals surface area contributed by atoms with E-state index in [1.54, 1.807) is 0 Å². The van der Waals surface area contributed by atoms with Crippen LogP contribution in [0.4, 0.5) is 0 Å². The molecule has 1 aliphatic carbocycles. The molecule has 0 amide bonds. The molecule has 0 unspecified atom stereocenters. The number of fused-ring (bicyclic) bond motifs is 4. The lowest BCUT2D eigenvalue weighted by atomic mass is 9.81. The van der Waals surface area contributed by atoms with Crippen molar-refractivity contribution in [1.29, 1.82) is 0 Å². The molecule has 6 rings (SSSR count). The Labute approximate surface area is 190 Å². The van der Waals surface area contributed by atoms with Crippen LogP contribution in [0.25, 0.3) is 44.2 Å². The van der Waals surface area contributed by atoms with E-state index in [1.165, 1.54) is 60.8 Å². The predicted molar refractivity (Wildman–Crippen MR) is 137 cm³/mol. The molecule has 5 aromatic carbocycles. The van der Waals surface area contributed by atoms with Crippen molar-refractivity contribution in [3.8, 4) is 33.4 Å². The highest BCUT2D eigenvalue weighted by atomic mass is 14.4. The summed E-state index contributed by atoms with van der Waals surface area (Å²) < 4.78 is 0. The third kappa shape index (κ3) is 2.76. The Hall–Kier alpha value is -3.64. The van der Waals surface area contributed by atoms with Gasteiger partial charge in [-0.05, 0) is 73.8 Å². The fourth-order valence-corrected chi connectivity index (χ4v) is 5.48. The zero-order valence-electron chi connectivity index (χ0n) is 18.8. The topological polar surface area (TPSA) is 0 Å². The van der Waals surface area contributed by atoms with Crippen LogP contribution >= 0.6 is 0 Å². The number of benzene rings is 5. The van der Waals surface area contributed by atoms with Crippen molar-refractivity contribution in [1.82, 2.24) is 0 Å². The Morgan fingerprint density at radius 3 is 2.03 bits per heavy atom. The average Bonchev–Trinajstić information content (AvgIpc) is 3.06. The van der Waals surface area contributed by atoms with Gasteiger partial charge in [0.05, 0.1) is 0 Å². The van der Waals surface area contributed by atoms with E-state index in [2.05, 4.69) is 124 Å². The van der Waals surface area contributed by atoms with E-state index >= 15 is 0 Å². The number of aryl methyl sites for hydroxylation is 1. The zero-order valence-corrected chi connectivity index (χ0v) is 18.8. The van der Waals surface area contributed by atoms with Gasteiger partial charge in [0.2, 0.25) is 0 Å². The van der Waals surface area contributed by atoms with Crippen LogP contribution in [0.2, 0.25) is 0 Å². The summed E-state index contributed by atoms with van der Waals surface area (Å²) in [5.74, 6) is 0. The van der Waals surface area contributed by atoms with E-state index in [9.17, 15) is 0 Å². The molecular formula is C32H26. The highest BCUT2D eigenvalue weighted by Crippen LogP contribution is 2.49. The Bertz CT molecular complexity index is 1480. The van der Waals surface area contributed by atoms with Gasteiger partial charge in [0.1, 0.15) is 0 Å². The predicted octanol–water partition coefficient (Wildman–Crippen LogP) is 8.79. The van der Waals surface area contributed by atoms with Gasteiger partial charge >= 0.3 is 0 Å². The summed E-state index contributed by atoms with van der Waals surface area (Å²) in [5.41, 5.74) is 12.1. The van der Waals surface area contributed by atoms with Crippen molar-refractivity contribution >= 4 is 10.8 Å². The molecule has 154 valence electrons. The Balaban J connectivity index is 1.43. The van der Waals surface area contributed by atoms with Crippen LogP contribution in [0.15, 0.2) is 103 Å². The Morgan fingerprint density at radius 2 is 1.19 bits per heavy atom. The van der Waals surface area contributed by atoms with Gasteiger partial charge in [-0.25, -0.2) is 0 Å². The minimum absolute atomic E-state index is 0.0297. The first-order valence-electron chi connectivity index (χ1n) is 11.4. The second-order valence-electron chi connectivity index (χ2n) is 9.49. The first-order valence-corrected chi connectivity index (χ1v) is 11.4. The van der Waals surface area contributed by atoms with Gasteiger partial charge in [-0.15, -0.1) is 0 Å². The first kappa shape index (κ1) is 19.1. The molecule has 0 N–H and O–H groups in total. The average molecular weight is 411 g/mol. The molecule has 0 radical (unpaired) electrons. The van der Waals surface area contributed by atoms with Gasteiger partial charge in [-0.3, -0.25) is 0 Å². The molecule has 0 aliphatic heterocycles. The Morgan fingerprint density at radius 1 is 0.531 bits per heavy atom. The standard InChI is InChI=1S/C32H26/c1-21-12-13-23-8-4-5-9-26(23)31(21)24-16-14-22(15-17-24)25-18-19-28-27-10-6-7-11-29(27)32(2,3)30(28)20-25/h4-20H,1-3H3. The quantitative estimate of drug-likeness (QED) is 0.273. The molecule has 1 aliphatic rings. The summed E-state index contributed by atoms with van der Waals surface area (Å²) in [6.45, 7) is 6.89. The largest absolute Gasteiger partial charge is 0.0619 e. The normalized spacial score (nSPS) is 13.7. The maximum absolute atomic E-state index is 2.40. The molecule has 32 heavy (non-hydrogen) atoms. The summed E-state index contributed by atoms with van der Waals surface area (Å²) >= 11 is 0. The molecule has 0 nitrogen and oxygen atoms in total. The molecule has 5 aromatic rings. The first-order chi connectivity index (χ1) is 15.5. The van der Waals surface area contributed by atoms with Crippen LogP contribution in [0, 0.1) is 6.92 Å². The molecule has 0 atom stereocenters. The highest BCUT2D eigenvalue weighted by molar-refractivity contribution is 5.98. The summed E-state index contributed by atoms with van der Waals surface area (Å²) in [6, 6.07) is 38.0. The molecule has 0 bridgehead atoms. The molecule has 0 heterocycles. The van der Waals surface area contributed by atoms with E-state index in [1.807, 2.05) is 0 Å². The number of hydrogen-bond donors (Lipinski definition) is 0. The van der Waals surface area contributed by atoms with E-state index in [0.29, 0.717) is 0 Å². The maximum Gasteiger partial charge on any atom is 0.0159 e. The SMILES string of the molecule is Cc1ccc2ccccc2c1-c1ccc(-c2ccc3c(c2)C(C)(C)c2ccccc2-3)cc1. The molecule has 0 spiro atoms. The molecule has 0 heteroatoms. The second kappa shape index (κ2) is 6.93. The second-order valence-corrected chi connectivity index (χ2v) is 9.49. The lowest BCUT2D eigenvalue weighted by molar-refractivity contribution is 0.660. The highest BCUT2D eigenvalue weighted by Gasteiger charge is 2.35. The monoisotopic (exact) mass is 410 g/mol. The van der Waals surface area contributed by atoms with Gasteiger partial charge in [-0.2, -0.15) is 0 Å². The fourth-order valence-electron chi connectivity index (χ4n) is 5.48. The maximum atomic E-state index is 2.40. The van der Waals surface area contributed by atoms with E-state index in [4.69, 9.17) is 0 Å². The van der Waals surface area contributed by atoms with E-state index in [-0.39, 0.29) is 5.41 Å². The van der Waals surface area contributed by atoms with Crippen LogP contribution in [-0.2, 0) is 5.41 Å². The van der Waals surface area contributed by atoms with E-state index in [0.717, 1.165) is 0 Å². The molecule has 0 saturated heterocycles. The molecule has 0 fully saturated rings. The summed E-state index contributed by atoms with van der Waals surface area (Å²) in [7, 11) is 0. The summed E-state index contributed by atoms with van der Waals surface area (Å²) in [6.07, 6.45) is 0. The lowest BCUT2D eigenvalue weighted by Gasteiger charge is -2.22. The lowest BCUT2D eigenvalue weighted by Crippen LogP contribution is -2.14. The van der Waals surface area contributed by atoms with Crippen LogP contribution < -0.4 is 0 Å². The van der Waals surface area contributed by atoms with Crippen molar-refractivity contribution in [3.63, 3.8) is 0 Å². The van der Waals surface area contributed by atoms with Crippen molar-refractivity contribution in [2.24, 2.45) is 0 Å². The van der Waals surface area contributed by atoms with Gasteiger partial charge in [0.15, 0.2) is 0 Å². The third-order valence-electron chi connectivity index (χ3n) is 7.23. The van der Waals surface area contributed by atoms with Gasteiger partial charge in [0.25, 0.3) is 0 Å². The summed E-state index contributed by atoms with van der Waals surface area (Å²) in [4.78, 5) is 0. The van der Waals surface area contributed by atoms with Crippen LogP contribution in [0.5, 0.6) is 0 Å². The fraction of sp³-hybridized carbons (Fsp3) is 0.125. The number of rotatable bonds is 2. The van der Waals surface area contributed by atoms with Gasteiger partial charge in [0, 0.05) is 5.41 Å². The Kier molecular flexibility index (Phi) is 4.13. The zero-order chi connectivity index (χ0) is 21.9. The van der Waals surface area contributed by atoms with Crippen molar-refractivity contribution in [3.05, 3.63) is 120 Å². The van der Waals surface area contributed by atoms with Crippen molar-refractivity contribution in [2.75, 3.05) is 0 Å². The van der Waals surface area contributed by atoms with E-state index < -0.39 is 0 Å². The van der Waals surface area contributed by atoms with Crippen LogP contribution in [0.1, 0.15) is 30.5 Å². The summed E-state index contributed by atoms with van der Waals surface area (Å²) in [5, 5.41) is 2.61. The van der Waals surface area contributed by atoms with Crippen molar-refractivity contribution in [2.45, 2.75) is 26.2 Å². The smallest absolute Gasteiger partial charge is 0.0159 e. The molecule has 0 saturated carbocycles. The van der Waals surface area contributed by atoms with Crippen LogP contribution in [-0.4, -0.2) is 0 Å².